The number of thioether (sulfide) groups is 1. The Morgan fingerprint density at radius 1 is 1.21 bits per heavy atom. The summed E-state index contributed by atoms with van der Waals surface area (Å²) in [6, 6.07) is -1.29. The molecular weight excluding hydrogens is 452 g/mol. The van der Waals surface area contributed by atoms with Crippen LogP contribution < -0.4 is 5.32 Å². The van der Waals surface area contributed by atoms with Gasteiger partial charge in [-0.05, 0) is 39.0 Å². The summed E-state index contributed by atoms with van der Waals surface area (Å²) >= 11 is 1.20. The van der Waals surface area contributed by atoms with E-state index in [-0.39, 0.29) is 11.9 Å². The van der Waals surface area contributed by atoms with E-state index in [4.69, 9.17) is 14.2 Å². The van der Waals surface area contributed by atoms with Crippen molar-refractivity contribution in [2.45, 2.75) is 95.0 Å². The monoisotopic (exact) mass is 490 g/mol. The van der Waals surface area contributed by atoms with Crippen LogP contribution in [0.1, 0.15) is 47.0 Å². The van der Waals surface area contributed by atoms with E-state index in [2.05, 4.69) is 12.2 Å². The minimum atomic E-state index is -1.49. The average molecular weight is 491 g/mol. The zero-order valence-corrected chi connectivity index (χ0v) is 21.0. The van der Waals surface area contributed by atoms with Crippen molar-refractivity contribution in [1.29, 1.82) is 0 Å². The Balaban J connectivity index is 2.25. The van der Waals surface area contributed by atoms with Gasteiger partial charge in [0.1, 0.15) is 29.9 Å². The van der Waals surface area contributed by atoms with Crippen molar-refractivity contribution < 1.29 is 38.8 Å². The standard InChI is InChI=1S/C22H38N2O8S/c1-7-8-14-9-15(24(5)10-14)21(29)23-16(11(2)30-12(3)25)19-17(27)18(28)20(31-13(4)26)22(32-19)33-6/h11,14-20,22,27-28H,7-10H2,1-6H3,(H,23,29)/t11-,14-,15+,16-,17-,18+,19-,20-,22-/m1/s1. The van der Waals surface area contributed by atoms with E-state index in [9.17, 15) is 24.6 Å². The quantitative estimate of drug-likeness (QED) is 0.387. The molecule has 190 valence electrons. The van der Waals surface area contributed by atoms with Crippen LogP contribution in [-0.4, -0.2) is 101 Å². The van der Waals surface area contributed by atoms with Crippen LogP contribution in [0.4, 0.5) is 0 Å². The molecule has 2 saturated heterocycles. The van der Waals surface area contributed by atoms with Crippen LogP contribution in [0.5, 0.6) is 0 Å². The maximum absolute atomic E-state index is 13.2. The van der Waals surface area contributed by atoms with Gasteiger partial charge in [-0.25, -0.2) is 0 Å². The topological polar surface area (TPSA) is 135 Å². The predicted molar refractivity (Wildman–Crippen MR) is 122 cm³/mol. The first-order valence-electron chi connectivity index (χ1n) is 11.4. The molecule has 0 aromatic heterocycles. The van der Waals surface area contributed by atoms with Gasteiger partial charge in [0, 0.05) is 20.4 Å². The summed E-state index contributed by atoms with van der Waals surface area (Å²) in [5, 5.41) is 24.5. The van der Waals surface area contributed by atoms with Crippen LogP contribution in [0.25, 0.3) is 0 Å². The summed E-state index contributed by atoms with van der Waals surface area (Å²) in [7, 11) is 1.90. The summed E-state index contributed by atoms with van der Waals surface area (Å²) in [6.07, 6.45) is -1.46. The lowest BCUT2D eigenvalue weighted by Crippen LogP contribution is -2.66. The zero-order valence-electron chi connectivity index (χ0n) is 20.2. The molecule has 33 heavy (non-hydrogen) atoms. The van der Waals surface area contributed by atoms with Crippen molar-refractivity contribution in [3.05, 3.63) is 0 Å². The smallest absolute Gasteiger partial charge is 0.303 e. The molecule has 2 aliphatic heterocycles. The van der Waals surface area contributed by atoms with Gasteiger partial charge < -0.3 is 29.7 Å². The lowest BCUT2D eigenvalue weighted by atomic mass is 9.91. The molecule has 0 aromatic rings. The lowest BCUT2D eigenvalue weighted by molar-refractivity contribution is -0.223. The molecule has 2 rings (SSSR count). The number of hydrogen-bond donors (Lipinski definition) is 3. The highest BCUT2D eigenvalue weighted by Crippen LogP contribution is 2.32. The predicted octanol–water partition coefficient (Wildman–Crippen LogP) is 0.285. The molecule has 0 radical (unpaired) electrons. The number of nitrogens with one attached hydrogen (secondary N) is 1. The number of carbonyl (C=O) groups is 3. The van der Waals surface area contributed by atoms with Crippen LogP contribution in [0.3, 0.4) is 0 Å². The summed E-state index contributed by atoms with van der Waals surface area (Å²) < 4.78 is 16.5. The van der Waals surface area contributed by atoms with Gasteiger partial charge >= 0.3 is 11.9 Å². The fourth-order valence-electron chi connectivity index (χ4n) is 4.76. The molecule has 0 spiro atoms. The highest BCUT2D eigenvalue weighted by Gasteiger charge is 2.51. The van der Waals surface area contributed by atoms with Crippen molar-refractivity contribution in [1.82, 2.24) is 10.2 Å². The number of carbonyl (C=O) groups excluding carboxylic acids is 3. The van der Waals surface area contributed by atoms with Crippen LogP contribution in [0.15, 0.2) is 0 Å². The van der Waals surface area contributed by atoms with E-state index in [1.54, 1.807) is 13.2 Å². The van der Waals surface area contributed by atoms with Gasteiger partial charge in [0.25, 0.3) is 0 Å². The normalized spacial score (nSPS) is 34.4. The van der Waals surface area contributed by atoms with Crippen LogP contribution in [-0.2, 0) is 28.6 Å². The number of hydrogen-bond acceptors (Lipinski definition) is 10. The Bertz CT molecular complexity index is 693. The highest BCUT2D eigenvalue weighted by molar-refractivity contribution is 7.99. The molecule has 1 amide bonds. The second-order valence-electron chi connectivity index (χ2n) is 8.95. The lowest BCUT2D eigenvalue weighted by Gasteiger charge is -2.45. The van der Waals surface area contributed by atoms with E-state index in [0.29, 0.717) is 12.3 Å². The van der Waals surface area contributed by atoms with Gasteiger partial charge in [0.2, 0.25) is 5.91 Å². The molecular formula is C22H38N2O8S. The summed E-state index contributed by atoms with van der Waals surface area (Å²) in [6.45, 7) is 6.99. The molecule has 2 heterocycles. The number of nitrogens with zero attached hydrogens (tertiary/aromatic N) is 1. The number of likely N-dealkylation sites (N-methyl/N-ethyl adjacent to an activating group) is 1. The molecule has 3 N–H and O–H groups in total. The molecule has 0 aliphatic carbocycles. The van der Waals surface area contributed by atoms with Gasteiger partial charge in [-0.15, -0.1) is 11.8 Å². The minimum absolute atomic E-state index is 0.256. The number of rotatable bonds is 9. The number of aliphatic hydroxyl groups excluding tert-OH is 2. The SMILES string of the molecule is CCC[C@@H]1C[C@@H](C(=O)N[C@@H]([C@H]2O[C@H](SC)[C@H](OC(C)=O)[C@@H](O)[C@H]2O)[C@@H](C)OC(C)=O)N(C)C1. The number of esters is 2. The van der Waals surface area contributed by atoms with Crippen LogP contribution >= 0.6 is 11.8 Å². The fourth-order valence-corrected chi connectivity index (χ4v) is 5.48. The Kier molecular flexibility index (Phi) is 10.4. The Hall–Kier alpha value is -1.40. The third-order valence-electron chi connectivity index (χ3n) is 6.27. The van der Waals surface area contributed by atoms with Crippen molar-refractivity contribution in [2.75, 3.05) is 19.8 Å². The largest absolute Gasteiger partial charge is 0.461 e. The molecule has 0 bridgehead atoms. The van der Waals surface area contributed by atoms with Crippen molar-refractivity contribution in [3.63, 3.8) is 0 Å². The van der Waals surface area contributed by atoms with E-state index in [1.807, 2.05) is 11.9 Å². The van der Waals surface area contributed by atoms with Gasteiger partial charge in [-0.1, -0.05) is 13.3 Å². The maximum Gasteiger partial charge on any atom is 0.303 e. The third-order valence-corrected chi connectivity index (χ3v) is 7.12. The van der Waals surface area contributed by atoms with E-state index in [1.165, 1.54) is 25.6 Å². The first-order valence-corrected chi connectivity index (χ1v) is 12.7. The Morgan fingerprint density at radius 3 is 2.42 bits per heavy atom. The Morgan fingerprint density at radius 2 is 1.88 bits per heavy atom. The first-order chi connectivity index (χ1) is 15.5. The number of amides is 1. The average Bonchev–Trinajstić information content (AvgIpc) is 3.10. The second-order valence-corrected chi connectivity index (χ2v) is 9.89. The molecule has 11 heteroatoms. The molecule has 0 saturated carbocycles. The highest BCUT2D eigenvalue weighted by atomic mass is 32.2. The molecule has 9 atom stereocenters. The zero-order chi connectivity index (χ0) is 24.9. The summed E-state index contributed by atoms with van der Waals surface area (Å²) in [5.41, 5.74) is -0.788. The fraction of sp³-hybridized carbons (Fsp3) is 0.864. The number of likely N-dealkylation sites (tertiary alicyclic amines) is 1. The summed E-state index contributed by atoms with van der Waals surface area (Å²) in [4.78, 5) is 38.3. The molecule has 2 fully saturated rings. The second kappa shape index (κ2) is 12.3. The van der Waals surface area contributed by atoms with Crippen molar-refractivity contribution in [2.24, 2.45) is 5.92 Å². The Labute approximate surface area is 199 Å². The van der Waals surface area contributed by atoms with Crippen molar-refractivity contribution in [3.8, 4) is 0 Å². The van der Waals surface area contributed by atoms with Crippen LogP contribution in [0, 0.1) is 5.92 Å². The van der Waals surface area contributed by atoms with Gasteiger partial charge in [0.15, 0.2) is 6.10 Å². The third kappa shape index (κ3) is 7.05. The van der Waals surface area contributed by atoms with E-state index in [0.717, 1.165) is 19.4 Å². The first kappa shape index (κ1) is 27.8. The van der Waals surface area contributed by atoms with Gasteiger partial charge in [-0.2, -0.15) is 0 Å². The van der Waals surface area contributed by atoms with Gasteiger partial charge in [-0.3, -0.25) is 19.3 Å². The van der Waals surface area contributed by atoms with Crippen LogP contribution in [0.2, 0.25) is 0 Å². The molecule has 0 aromatic carbocycles. The maximum atomic E-state index is 13.2. The number of ether oxygens (including phenoxy) is 3. The van der Waals surface area contributed by atoms with E-state index < -0.39 is 53.9 Å². The molecule has 0 unspecified atom stereocenters. The number of aliphatic hydroxyl groups is 2. The molecule has 2 aliphatic rings. The molecule has 10 nitrogen and oxygen atoms in total. The van der Waals surface area contributed by atoms with Gasteiger partial charge in [0.05, 0.1) is 12.1 Å². The van der Waals surface area contributed by atoms with E-state index >= 15 is 0 Å². The summed E-state index contributed by atoms with van der Waals surface area (Å²) in [5.74, 6) is -0.999. The van der Waals surface area contributed by atoms with Crippen molar-refractivity contribution >= 4 is 29.6 Å². The minimum Gasteiger partial charge on any atom is -0.461 e.